The van der Waals surface area contributed by atoms with E-state index in [1.807, 2.05) is 41.8 Å². The van der Waals surface area contributed by atoms with Gasteiger partial charge < -0.3 is 9.47 Å². The van der Waals surface area contributed by atoms with Crippen LogP contribution in [0.2, 0.25) is 0 Å². The van der Waals surface area contributed by atoms with Gasteiger partial charge in [-0.3, -0.25) is 0 Å². The first-order valence-corrected chi connectivity index (χ1v) is 17.4. The van der Waals surface area contributed by atoms with Crippen molar-refractivity contribution in [1.82, 2.24) is 0 Å². The van der Waals surface area contributed by atoms with Gasteiger partial charge in [-0.05, 0) is 66.8 Å². The zero-order valence-corrected chi connectivity index (χ0v) is 26.3. The number of thioether (sulfide) groups is 2. The molecule has 0 unspecified atom stereocenters. The lowest BCUT2D eigenvalue weighted by molar-refractivity contribution is -0.139. The van der Waals surface area contributed by atoms with Crippen molar-refractivity contribution in [3.05, 3.63) is 114 Å². The Morgan fingerprint density at radius 1 is 0.643 bits per heavy atom. The van der Waals surface area contributed by atoms with E-state index in [4.69, 9.17) is 9.47 Å². The molecule has 3 aromatic carbocycles. The first-order chi connectivity index (χ1) is 20.8. The van der Waals surface area contributed by atoms with Gasteiger partial charge in [-0.15, -0.1) is 23.5 Å². The van der Waals surface area contributed by atoms with E-state index in [0.29, 0.717) is 13.0 Å². The zero-order chi connectivity index (χ0) is 29.1. The average molecular weight is 601 g/mol. The summed E-state index contributed by atoms with van der Waals surface area (Å²) in [6.07, 6.45) is 17.2. The van der Waals surface area contributed by atoms with Crippen molar-refractivity contribution in [3.8, 4) is 5.75 Å². The van der Waals surface area contributed by atoms with Crippen molar-refractivity contribution in [3.63, 3.8) is 0 Å². The van der Waals surface area contributed by atoms with Gasteiger partial charge in [0.15, 0.2) is 0 Å². The lowest BCUT2D eigenvalue weighted by Crippen LogP contribution is -2.07. The maximum absolute atomic E-state index is 11.8. The molecule has 0 aliphatic heterocycles. The number of rotatable bonds is 20. The molecule has 0 aromatic heterocycles. The summed E-state index contributed by atoms with van der Waals surface area (Å²) in [6.45, 7) is 1.31. The summed E-state index contributed by atoms with van der Waals surface area (Å²) in [4.78, 5) is 14.4. The molecule has 1 aliphatic rings. The molecule has 0 amide bonds. The summed E-state index contributed by atoms with van der Waals surface area (Å²) < 4.78 is 11.6. The van der Waals surface area contributed by atoms with Crippen molar-refractivity contribution >= 4 is 29.5 Å². The number of esters is 1. The molecule has 0 saturated heterocycles. The minimum atomic E-state index is -0.152. The average Bonchev–Trinajstić information content (AvgIpc) is 3.58. The molecule has 0 fully saturated rings. The quantitative estimate of drug-likeness (QED) is 0.0732. The lowest BCUT2D eigenvalue weighted by atomic mass is 10.1. The van der Waals surface area contributed by atoms with Crippen LogP contribution in [0.3, 0.4) is 0 Å². The molecule has 3 nitrogen and oxygen atoms in total. The van der Waals surface area contributed by atoms with E-state index >= 15 is 0 Å². The summed E-state index contributed by atoms with van der Waals surface area (Å²) in [5.74, 6) is 2.71. The third-order valence-corrected chi connectivity index (χ3v) is 9.31. The smallest absolute Gasteiger partial charge is 0.334 e. The number of hydrogen-bond acceptors (Lipinski definition) is 5. The molecule has 4 rings (SSSR count). The predicted octanol–water partition coefficient (Wildman–Crippen LogP) is 10.6. The van der Waals surface area contributed by atoms with E-state index in [0.717, 1.165) is 48.7 Å². The standard InChI is InChI=1S/C37H44O3S2/c38-37(33-18-14-15-19-33)40-25-17-7-5-3-1-2-4-6-16-24-39-34-27-31(29-41-35-20-10-8-11-21-35)26-32(28-34)30-42-36-22-12-9-13-23-36/h8-15,18,20-23,26-28H,1-7,16-17,19,24-25,29-30H2. The highest BCUT2D eigenvalue weighted by atomic mass is 32.2. The first kappa shape index (κ1) is 32.0. The van der Waals surface area contributed by atoms with Crippen LogP contribution < -0.4 is 4.74 Å². The molecule has 5 heteroatoms. The van der Waals surface area contributed by atoms with Crippen LogP contribution in [0.1, 0.15) is 75.3 Å². The number of ether oxygens (including phenoxy) is 2. The van der Waals surface area contributed by atoms with E-state index in [1.54, 1.807) is 0 Å². The monoisotopic (exact) mass is 600 g/mol. The predicted molar refractivity (Wildman–Crippen MR) is 178 cm³/mol. The summed E-state index contributed by atoms with van der Waals surface area (Å²) >= 11 is 3.74. The van der Waals surface area contributed by atoms with Crippen LogP contribution in [0.5, 0.6) is 5.75 Å². The van der Waals surface area contributed by atoms with E-state index in [1.165, 1.54) is 59.4 Å². The molecule has 3 aromatic rings. The van der Waals surface area contributed by atoms with E-state index < -0.39 is 0 Å². The van der Waals surface area contributed by atoms with Crippen LogP contribution in [-0.4, -0.2) is 19.2 Å². The van der Waals surface area contributed by atoms with Crippen LogP contribution in [0.25, 0.3) is 0 Å². The molecule has 0 saturated carbocycles. The number of hydrogen-bond donors (Lipinski definition) is 0. The van der Waals surface area contributed by atoms with Gasteiger partial charge in [0.25, 0.3) is 0 Å². The lowest BCUT2D eigenvalue weighted by Gasteiger charge is -2.12. The first-order valence-electron chi connectivity index (χ1n) is 15.4. The second-order valence-corrected chi connectivity index (χ2v) is 12.8. The third-order valence-electron chi connectivity index (χ3n) is 7.15. The molecule has 0 bridgehead atoms. The second kappa shape index (κ2) is 19.3. The van der Waals surface area contributed by atoms with Crippen LogP contribution in [0.15, 0.2) is 112 Å². The third kappa shape index (κ3) is 12.5. The summed E-state index contributed by atoms with van der Waals surface area (Å²) in [5, 5.41) is 0. The normalized spacial score (nSPS) is 12.3. The van der Waals surface area contributed by atoms with E-state index in [-0.39, 0.29) is 5.97 Å². The Morgan fingerprint density at radius 2 is 1.17 bits per heavy atom. The highest BCUT2D eigenvalue weighted by Gasteiger charge is 2.11. The van der Waals surface area contributed by atoms with Gasteiger partial charge in [-0.25, -0.2) is 4.79 Å². The fraction of sp³-hybridized carbons (Fsp3) is 0.378. The maximum atomic E-state index is 11.8. The zero-order valence-electron chi connectivity index (χ0n) is 24.7. The van der Waals surface area contributed by atoms with Crippen molar-refractivity contribution in [2.24, 2.45) is 0 Å². The Labute approximate surface area is 261 Å². The Balaban J connectivity index is 1.09. The fourth-order valence-electron chi connectivity index (χ4n) is 4.83. The van der Waals surface area contributed by atoms with Gasteiger partial charge in [0, 0.05) is 26.9 Å². The van der Waals surface area contributed by atoms with Crippen LogP contribution in [0, 0.1) is 0 Å². The summed E-state index contributed by atoms with van der Waals surface area (Å²) in [7, 11) is 0. The van der Waals surface area contributed by atoms with Crippen LogP contribution >= 0.6 is 23.5 Å². The highest BCUT2D eigenvalue weighted by molar-refractivity contribution is 7.98. The number of carbonyl (C=O) groups excluding carboxylic acids is 1. The Hall–Kier alpha value is -2.89. The van der Waals surface area contributed by atoms with Gasteiger partial charge in [0.2, 0.25) is 0 Å². The minimum Gasteiger partial charge on any atom is -0.494 e. The molecular formula is C37H44O3S2. The topological polar surface area (TPSA) is 35.5 Å². The van der Waals surface area contributed by atoms with Gasteiger partial charge in [0.1, 0.15) is 5.75 Å². The SMILES string of the molecule is O=C(OCCCCCCCCCCCOc1cc(CSc2ccccc2)cc(CSc2ccccc2)c1)C1=CC=CC1. The fourth-order valence-corrected chi connectivity index (χ4v) is 6.53. The number of allylic oxidation sites excluding steroid dienone is 3. The largest absolute Gasteiger partial charge is 0.494 e. The van der Waals surface area contributed by atoms with Gasteiger partial charge in [-0.1, -0.05) is 106 Å². The highest BCUT2D eigenvalue weighted by Crippen LogP contribution is 2.29. The molecule has 222 valence electrons. The molecular weight excluding hydrogens is 557 g/mol. The van der Waals surface area contributed by atoms with Crippen LogP contribution in [-0.2, 0) is 21.0 Å². The number of benzene rings is 3. The molecule has 0 atom stereocenters. The van der Waals surface area contributed by atoms with E-state index in [9.17, 15) is 4.79 Å². The molecule has 0 N–H and O–H groups in total. The number of carbonyl (C=O) groups is 1. The Kier molecular flexibility index (Phi) is 14.7. The summed E-state index contributed by atoms with van der Waals surface area (Å²) in [5.41, 5.74) is 3.40. The maximum Gasteiger partial charge on any atom is 0.334 e. The molecule has 1 aliphatic carbocycles. The van der Waals surface area contributed by atoms with Gasteiger partial charge in [0.05, 0.1) is 13.2 Å². The molecule has 0 radical (unpaired) electrons. The van der Waals surface area contributed by atoms with Crippen molar-refractivity contribution in [1.29, 1.82) is 0 Å². The van der Waals surface area contributed by atoms with E-state index in [2.05, 4.69) is 78.9 Å². The van der Waals surface area contributed by atoms with Crippen molar-refractivity contribution in [2.45, 2.75) is 85.5 Å². The van der Waals surface area contributed by atoms with Crippen LogP contribution in [0.4, 0.5) is 0 Å². The Morgan fingerprint density at radius 3 is 1.69 bits per heavy atom. The summed E-state index contributed by atoms with van der Waals surface area (Å²) in [6, 6.07) is 28.0. The van der Waals surface area contributed by atoms with Gasteiger partial charge >= 0.3 is 5.97 Å². The molecule has 42 heavy (non-hydrogen) atoms. The number of unbranched alkanes of at least 4 members (excludes halogenated alkanes) is 8. The minimum absolute atomic E-state index is 0.152. The molecule has 0 heterocycles. The van der Waals surface area contributed by atoms with Gasteiger partial charge in [-0.2, -0.15) is 0 Å². The Bertz CT molecular complexity index is 1190. The van der Waals surface area contributed by atoms with Crippen molar-refractivity contribution in [2.75, 3.05) is 13.2 Å². The van der Waals surface area contributed by atoms with Crippen molar-refractivity contribution < 1.29 is 14.3 Å². The molecule has 0 spiro atoms. The second-order valence-electron chi connectivity index (χ2n) is 10.7.